The molecule has 1 aliphatic heterocycles. The first-order valence-electron chi connectivity index (χ1n) is 9.52. The zero-order chi connectivity index (χ0) is 19.6. The highest BCUT2D eigenvalue weighted by Gasteiger charge is 2.10. The predicted molar refractivity (Wildman–Crippen MR) is 107 cm³/mol. The van der Waals surface area contributed by atoms with E-state index in [0.29, 0.717) is 18.1 Å². The van der Waals surface area contributed by atoms with Crippen LogP contribution in [0.3, 0.4) is 0 Å². The van der Waals surface area contributed by atoms with E-state index in [2.05, 4.69) is 25.5 Å². The van der Waals surface area contributed by atoms with E-state index in [1.54, 1.807) is 19.5 Å². The van der Waals surface area contributed by atoms with Crippen LogP contribution in [0, 0.1) is 0 Å². The van der Waals surface area contributed by atoms with Crippen LogP contribution in [0.4, 0.5) is 5.95 Å². The first-order valence-corrected chi connectivity index (χ1v) is 9.52. The van der Waals surface area contributed by atoms with Crippen LogP contribution in [0.15, 0.2) is 36.7 Å². The molecule has 1 aromatic carbocycles. The number of nitrogens with zero attached hydrogens (tertiary/aromatic N) is 3. The fourth-order valence-electron chi connectivity index (χ4n) is 2.90. The first kappa shape index (κ1) is 20.0. The second kappa shape index (κ2) is 10.6. The number of ether oxygens (including phenoxy) is 2. The molecule has 1 saturated heterocycles. The van der Waals surface area contributed by atoms with Crippen LogP contribution in [0.2, 0.25) is 0 Å². The van der Waals surface area contributed by atoms with E-state index in [-0.39, 0.29) is 5.91 Å². The Bertz CT molecular complexity index is 731. The third-order valence-electron chi connectivity index (χ3n) is 4.59. The number of anilines is 1. The van der Waals surface area contributed by atoms with Gasteiger partial charge in [-0.15, -0.1) is 0 Å². The van der Waals surface area contributed by atoms with Gasteiger partial charge in [-0.1, -0.05) is 12.1 Å². The van der Waals surface area contributed by atoms with Crippen molar-refractivity contribution in [3.05, 3.63) is 47.8 Å². The molecule has 2 heterocycles. The molecule has 8 nitrogen and oxygen atoms in total. The third-order valence-corrected chi connectivity index (χ3v) is 4.59. The van der Waals surface area contributed by atoms with Crippen molar-refractivity contribution in [1.82, 2.24) is 20.2 Å². The van der Waals surface area contributed by atoms with Gasteiger partial charge in [0.15, 0.2) is 0 Å². The topological polar surface area (TPSA) is 88.6 Å². The molecule has 8 heteroatoms. The van der Waals surface area contributed by atoms with Crippen LogP contribution in [0.5, 0.6) is 5.75 Å². The van der Waals surface area contributed by atoms with E-state index >= 15 is 0 Å². The second-order valence-corrected chi connectivity index (χ2v) is 6.53. The molecule has 28 heavy (non-hydrogen) atoms. The average molecular weight is 385 g/mol. The highest BCUT2D eigenvalue weighted by atomic mass is 16.5. The Labute approximate surface area is 165 Å². The Morgan fingerprint density at radius 3 is 2.54 bits per heavy atom. The predicted octanol–water partition coefficient (Wildman–Crippen LogP) is 1.20. The maximum absolute atomic E-state index is 12.2. The van der Waals surface area contributed by atoms with Gasteiger partial charge in [-0.3, -0.25) is 9.69 Å². The number of carbonyl (C=O) groups is 1. The summed E-state index contributed by atoms with van der Waals surface area (Å²) in [6, 6.07) is 7.81. The molecule has 2 N–H and O–H groups in total. The summed E-state index contributed by atoms with van der Waals surface area (Å²) in [6.45, 7) is 5.71. The summed E-state index contributed by atoms with van der Waals surface area (Å²) in [7, 11) is 1.64. The van der Waals surface area contributed by atoms with Gasteiger partial charge in [-0.2, -0.15) is 0 Å². The smallest absolute Gasteiger partial charge is 0.254 e. The summed E-state index contributed by atoms with van der Waals surface area (Å²) >= 11 is 0. The van der Waals surface area contributed by atoms with Gasteiger partial charge in [0.1, 0.15) is 5.75 Å². The van der Waals surface area contributed by atoms with Crippen molar-refractivity contribution < 1.29 is 14.3 Å². The molecule has 0 atom stereocenters. The summed E-state index contributed by atoms with van der Waals surface area (Å²) in [5, 5.41) is 6.08. The third kappa shape index (κ3) is 6.17. The Hall–Kier alpha value is -2.71. The van der Waals surface area contributed by atoms with Gasteiger partial charge in [-0.25, -0.2) is 9.97 Å². The molecule has 0 spiro atoms. The summed E-state index contributed by atoms with van der Waals surface area (Å²) < 4.78 is 10.5. The van der Waals surface area contributed by atoms with Crippen molar-refractivity contribution >= 4 is 11.9 Å². The number of methoxy groups -OCH3 is 1. The molecular formula is C20H27N5O3. The summed E-state index contributed by atoms with van der Waals surface area (Å²) in [6.07, 6.45) is 3.84. The van der Waals surface area contributed by atoms with Gasteiger partial charge in [0, 0.05) is 45.1 Å². The lowest BCUT2D eigenvalue weighted by molar-refractivity contribution is 0.0398. The SMILES string of the molecule is COc1ccc(CCNC(=O)c2cnc(NCCN3CCOCC3)nc2)cc1. The maximum Gasteiger partial charge on any atom is 0.254 e. The fraction of sp³-hybridized carbons (Fsp3) is 0.450. The maximum atomic E-state index is 12.2. The minimum Gasteiger partial charge on any atom is -0.497 e. The van der Waals surface area contributed by atoms with E-state index in [9.17, 15) is 4.79 Å². The van der Waals surface area contributed by atoms with Crippen LogP contribution in [-0.4, -0.2) is 73.8 Å². The molecule has 1 aromatic heterocycles. The lowest BCUT2D eigenvalue weighted by atomic mass is 10.1. The van der Waals surface area contributed by atoms with Gasteiger partial charge in [0.25, 0.3) is 5.91 Å². The molecule has 1 amide bonds. The minimum atomic E-state index is -0.173. The van der Waals surface area contributed by atoms with Gasteiger partial charge in [-0.05, 0) is 24.1 Å². The highest BCUT2D eigenvalue weighted by molar-refractivity contribution is 5.93. The lowest BCUT2D eigenvalue weighted by Crippen LogP contribution is -2.39. The van der Waals surface area contributed by atoms with Crippen LogP contribution in [0.25, 0.3) is 0 Å². The molecule has 0 aliphatic carbocycles. The van der Waals surface area contributed by atoms with Crippen LogP contribution < -0.4 is 15.4 Å². The number of benzene rings is 1. The number of hydrogen-bond acceptors (Lipinski definition) is 7. The average Bonchev–Trinajstić information content (AvgIpc) is 2.75. The quantitative estimate of drug-likeness (QED) is 0.671. The largest absolute Gasteiger partial charge is 0.497 e. The van der Waals surface area contributed by atoms with Crippen LogP contribution in [-0.2, 0) is 11.2 Å². The van der Waals surface area contributed by atoms with E-state index in [4.69, 9.17) is 9.47 Å². The normalized spacial score (nSPS) is 14.5. The van der Waals surface area contributed by atoms with Gasteiger partial charge in [0.05, 0.1) is 25.9 Å². The Kier molecular flexibility index (Phi) is 7.57. The van der Waals surface area contributed by atoms with E-state index < -0.39 is 0 Å². The summed E-state index contributed by atoms with van der Waals surface area (Å²) in [4.78, 5) is 23.0. The van der Waals surface area contributed by atoms with E-state index in [0.717, 1.165) is 57.1 Å². The van der Waals surface area contributed by atoms with Gasteiger partial charge >= 0.3 is 0 Å². The molecule has 1 fully saturated rings. The van der Waals surface area contributed by atoms with Crippen molar-refractivity contribution in [1.29, 1.82) is 0 Å². The zero-order valence-electron chi connectivity index (χ0n) is 16.2. The number of hydrogen-bond donors (Lipinski definition) is 2. The molecule has 0 saturated carbocycles. The molecule has 3 rings (SSSR count). The summed E-state index contributed by atoms with van der Waals surface area (Å²) in [5.41, 5.74) is 1.59. The van der Waals surface area contributed by atoms with Crippen LogP contribution in [0.1, 0.15) is 15.9 Å². The summed E-state index contributed by atoms with van der Waals surface area (Å²) in [5.74, 6) is 1.18. The minimum absolute atomic E-state index is 0.173. The highest BCUT2D eigenvalue weighted by Crippen LogP contribution is 2.11. The van der Waals surface area contributed by atoms with Gasteiger partial charge in [0.2, 0.25) is 5.95 Å². The number of rotatable bonds is 9. The zero-order valence-corrected chi connectivity index (χ0v) is 16.2. The molecule has 0 bridgehead atoms. The van der Waals surface area contributed by atoms with Crippen molar-refractivity contribution in [3.8, 4) is 5.75 Å². The lowest BCUT2D eigenvalue weighted by Gasteiger charge is -2.26. The molecular weight excluding hydrogens is 358 g/mol. The van der Waals surface area contributed by atoms with Crippen LogP contribution >= 0.6 is 0 Å². The molecule has 150 valence electrons. The number of nitrogens with one attached hydrogen (secondary N) is 2. The monoisotopic (exact) mass is 385 g/mol. The van der Waals surface area contributed by atoms with Crippen molar-refractivity contribution in [2.45, 2.75) is 6.42 Å². The molecule has 1 aliphatic rings. The van der Waals surface area contributed by atoms with Gasteiger partial charge < -0.3 is 20.1 Å². The fourth-order valence-corrected chi connectivity index (χ4v) is 2.90. The number of amides is 1. The van der Waals surface area contributed by atoms with E-state index in [1.807, 2.05) is 24.3 Å². The number of aromatic nitrogens is 2. The molecule has 2 aromatic rings. The van der Waals surface area contributed by atoms with Crippen molar-refractivity contribution in [2.24, 2.45) is 0 Å². The Morgan fingerprint density at radius 2 is 1.86 bits per heavy atom. The second-order valence-electron chi connectivity index (χ2n) is 6.53. The Balaban J connectivity index is 1.37. The standard InChI is InChI=1S/C20H27N5O3/c1-27-18-4-2-16(3-5-18)6-7-21-19(26)17-14-23-20(24-15-17)22-8-9-25-10-12-28-13-11-25/h2-5,14-15H,6-13H2,1H3,(H,21,26)(H,22,23,24). The Morgan fingerprint density at radius 1 is 1.14 bits per heavy atom. The molecule has 0 unspecified atom stereocenters. The van der Waals surface area contributed by atoms with Crippen molar-refractivity contribution in [3.63, 3.8) is 0 Å². The molecule has 0 radical (unpaired) electrons. The van der Waals surface area contributed by atoms with Crippen molar-refractivity contribution in [2.75, 3.05) is 58.4 Å². The first-order chi connectivity index (χ1) is 13.7. The number of morpholine rings is 1. The number of carbonyl (C=O) groups excluding carboxylic acids is 1. The van der Waals surface area contributed by atoms with E-state index in [1.165, 1.54) is 0 Å².